The zero-order valence-electron chi connectivity index (χ0n) is 7.71. The quantitative estimate of drug-likeness (QED) is 0.797. The monoisotopic (exact) mass is 227 g/mol. The molecule has 0 aliphatic heterocycles. The molecule has 1 aromatic carbocycles. The van der Waals surface area contributed by atoms with Crippen LogP contribution in [0.15, 0.2) is 17.5 Å². The van der Waals surface area contributed by atoms with Crippen molar-refractivity contribution in [2.24, 2.45) is 0 Å². The van der Waals surface area contributed by atoms with Crippen molar-refractivity contribution < 1.29 is 4.74 Å². The Hall–Kier alpha value is -0.930. The summed E-state index contributed by atoms with van der Waals surface area (Å²) >= 11 is 7.57. The number of benzene rings is 1. The minimum atomic E-state index is 0.632. The minimum absolute atomic E-state index is 0.632. The van der Waals surface area contributed by atoms with Crippen LogP contribution in [0, 0.1) is 0 Å². The summed E-state index contributed by atoms with van der Waals surface area (Å²) in [5, 5.41) is 3.59. The van der Waals surface area contributed by atoms with E-state index in [0.29, 0.717) is 6.61 Å². The number of fused-ring (bicyclic) bond motifs is 1. The van der Waals surface area contributed by atoms with E-state index >= 15 is 0 Å². The van der Waals surface area contributed by atoms with Crippen LogP contribution in [0.4, 0.5) is 5.69 Å². The van der Waals surface area contributed by atoms with E-state index in [0.717, 1.165) is 26.5 Å². The zero-order valence-corrected chi connectivity index (χ0v) is 9.28. The van der Waals surface area contributed by atoms with Crippen molar-refractivity contribution in [1.29, 1.82) is 0 Å². The molecule has 0 amide bonds. The van der Waals surface area contributed by atoms with Crippen molar-refractivity contribution in [2.75, 3.05) is 12.3 Å². The molecule has 0 saturated carbocycles. The van der Waals surface area contributed by atoms with E-state index in [1.54, 1.807) is 11.3 Å². The van der Waals surface area contributed by atoms with Gasteiger partial charge in [-0.2, -0.15) is 0 Å². The Morgan fingerprint density at radius 2 is 2.29 bits per heavy atom. The predicted molar refractivity (Wildman–Crippen MR) is 62.4 cm³/mol. The number of ether oxygens (including phenoxy) is 1. The number of halogens is 1. The van der Waals surface area contributed by atoms with Crippen molar-refractivity contribution in [3.8, 4) is 5.75 Å². The lowest BCUT2D eigenvalue weighted by Crippen LogP contribution is -1.93. The first kappa shape index (κ1) is 9.62. The van der Waals surface area contributed by atoms with E-state index in [1.165, 1.54) is 0 Å². The van der Waals surface area contributed by atoms with Gasteiger partial charge in [0.2, 0.25) is 0 Å². The van der Waals surface area contributed by atoms with Gasteiger partial charge in [0.15, 0.2) is 0 Å². The van der Waals surface area contributed by atoms with Gasteiger partial charge in [0.05, 0.1) is 22.0 Å². The third-order valence-electron chi connectivity index (χ3n) is 1.94. The lowest BCUT2D eigenvalue weighted by molar-refractivity contribution is 0.341. The number of hydrogen-bond acceptors (Lipinski definition) is 3. The van der Waals surface area contributed by atoms with Gasteiger partial charge >= 0.3 is 0 Å². The highest BCUT2D eigenvalue weighted by Crippen LogP contribution is 2.36. The molecule has 0 aliphatic rings. The molecular weight excluding hydrogens is 218 g/mol. The number of nitrogens with two attached hydrogens (primary N) is 1. The molecule has 4 heteroatoms. The molecule has 0 fully saturated rings. The van der Waals surface area contributed by atoms with Crippen LogP contribution in [0.2, 0.25) is 5.02 Å². The third-order valence-corrected chi connectivity index (χ3v) is 3.43. The standard InChI is InChI=1S/C10H10ClNOS/c1-2-13-6-3-7-8(11)5-14-10(7)9(12)4-6/h3-5H,2,12H2,1H3. The van der Waals surface area contributed by atoms with Gasteiger partial charge in [-0.05, 0) is 13.0 Å². The first-order valence-electron chi connectivity index (χ1n) is 4.31. The molecule has 0 radical (unpaired) electrons. The first-order valence-corrected chi connectivity index (χ1v) is 5.57. The Bertz CT molecular complexity index is 466. The molecule has 0 spiro atoms. The SMILES string of the molecule is CCOc1cc(N)c2scc(Cl)c2c1. The number of rotatable bonds is 2. The fraction of sp³-hybridized carbons (Fsp3) is 0.200. The molecule has 1 aromatic heterocycles. The van der Waals surface area contributed by atoms with Crippen molar-refractivity contribution in [1.82, 2.24) is 0 Å². The molecule has 14 heavy (non-hydrogen) atoms. The van der Waals surface area contributed by atoms with E-state index in [2.05, 4.69) is 0 Å². The normalized spacial score (nSPS) is 10.7. The number of nitrogen functional groups attached to an aromatic ring is 1. The third kappa shape index (κ3) is 1.53. The van der Waals surface area contributed by atoms with E-state index in [1.807, 2.05) is 24.4 Å². The Morgan fingerprint density at radius 1 is 1.50 bits per heavy atom. The van der Waals surface area contributed by atoms with E-state index < -0.39 is 0 Å². The van der Waals surface area contributed by atoms with Crippen molar-refractivity contribution in [2.45, 2.75) is 6.92 Å². The van der Waals surface area contributed by atoms with Crippen LogP contribution in [-0.2, 0) is 0 Å². The fourth-order valence-electron chi connectivity index (χ4n) is 1.36. The molecule has 1 heterocycles. The Kier molecular flexibility index (Phi) is 2.52. The van der Waals surface area contributed by atoms with Crippen LogP contribution in [0.3, 0.4) is 0 Å². The highest BCUT2D eigenvalue weighted by molar-refractivity contribution is 7.18. The number of anilines is 1. The molecule has 2 aromatic rings. The van der Waals surface area contributed by atoms with Gasteiger partial charge in [0.1, 0.15) is 5.75 Å². The lowest BCUT2D eigenvalue weighted by Gasteiger charge is -2.04. The average molecular weight is 228 g/mol. The molecule has 0 atom stereocenters. The van der Waals surface area contributed by atoms with E-state index in [-0.39, 0.29) is 0 Å². The lowest BCUT2D eigenvalue weighted by atomic mass is 10.2. The second kappa shape index (κ2) is 3.67. The molecule has 0 aliphatic carbocycles. The number of thiophene rings is 1. The molecule has 0 saturated heterocycles. The molecule has 74 valence electrons. The Balaban J connectivity index is 2.63. The van der Waals surface area contributed by atoms with Gasteiger partial charge < -0.3 is 10.5 Å². The minimum Gasteiger partial charge on any atom is -0.494 e. The molecular formula is C10H10ClNOS. The van der Waals surface area contributed by atoms with Crippen molar-refractivity contribution in [3.05, 3.63) is 22.5 Å². The maximum Gasteiger partial charge on any atom is 0.122 e. The molecule has 0 unspecified atom stereocenters. The Morgan fingerprint density at radius 3 is 3.00 bits per heavy atom. The maximum absolute atomic E-state index is 6.02. The van der Waals surface area contributed by atoms with Crippen molar-refractivity contribution >= 4 is 38.7 Å². The zero-order chi connectivity index (χ0) is 10.1. The fourth-order valence-corrected chi connectivity index (χ4v) is 2.53. The summed E-state index contributed by atoms with van der Waals surface area (Å²) in [6.45, 7) is 2.57. The van der Waals surface area contributed by atoms with Gasteiger partial charge in [-0.3, -0.25) is 0 Å². The van der Waals surface area contributed by atoms with Crippen LogP contribution in [0.5, 0.6) is 5.75 Å². The summed E-state index contributed by atoms with van der Waals surface area (Å²) in [6, 6.07) is 3.76. The summed E-state index contributed by atoms with van der Waals surface area (Å²) in [5.74, 6) is 0.776. The Labute approximate surface area is 91.2 Å². The molecule has 2 nitrogen and oxygen atoms in total. The van der Waals surface area contributed by atoms with Crippen LogP contribution >= 0.6 is 22.9 Å². The predicted octanol–water partition coefficient (Wildman–Crippen LogP) is 3.54. The molecule has 0 bridgehead atoms. The second-order valence-electron chi connectivity index (χ2n) is 2.91. The second-order valence-corrected chi connectivity index (χ2v) is 4.19. The molecule has 2 rings (SSSR count). The van der Waals surface area contributed by atoms with Gasteiger partial charge in [-0.15, -0.1) is 11.3 Å². The van der Waals surface area contributed by atoms with E-state index in [4.69, 9.17) is 22.1 Å². The van der Waals surface area contributed by atoms with Gasteiger partial charge in [-0.1, -0.05) is 11.6 Å². The molecule has 2 N–H and O–H groups in total. The van der Waals surface area contributed by atoms with Crippen LogP contribution in [0.25, 0.3) is 10.1 Å². The summed E-state index contributed by atoms with van der Waals surface area (Å²) in [4.78, 5) is 0. The van der Waals surface area contributed by atoms with Gasteiger partial charge in [-0.25, -0.2) is 0 Å². The first-order chi connectivity index (χ1) is 6.72. The van der Waals surface area contributed by atoms with Crippen LogP contribution in [0.1, 0.15) is 6.92 Å². The average Bonchev–Trinajstić information content (AvgIpc) is 2.49. The largest absolute Gasteiger partial charge is 0.494 e. The van der Waals surface area contributed by atoms with Crippen LogP contribution in [-0.4, -0.2) is 6.61 Å². The topological polar surface area (TPSA) is 35.2 Å². The highest BCUT2D eigenvalue weighted by atomic mass is 35.5. The summed E-state index contributed by atoms with van der Waals surface area (Å²) in [5.41, 5.74) is 6.60. The summed E-state index contributed by atoms with van der Waals surface area (Å²) in [6.07, 6.45) is 0. The smallest absolute Gasteiger partial charge is 0.122 e. The summed E-state index contributed by atoms with van der Waals surface area (Å²) < 4.78 is 6.41. The van der Waals surface area contributed by atoms with Gasteiger partial charge in [0.25, 0.3) is 0 Å². The van der Waals surface area contributed by atoms with Crippen molar-refractivity contribution in [3.63, 3.8) is 0 Å². The van der Waals surface area contributed by atoms with Crippen LogP contribution < -0.4 is 10.5 Å². The van der Waals surface area contributed by atoms with Gasteiger partial charge in [0, 0.05) is 16.8 Å². The maximum atomic E-state index is 6.02. The highest BCUT2D eigenvalue weighted by Gasteiger charge is 2.07. The number of hydrogen-bond donors (Lipinski definition) is 1. The summed E-state index contributed by atoms with van der Waals surface area (Å²) in [7, 11) is 0. The van der Waals surface area contributed by atoms with E-state index in [9.17, 15) is 0 Å².